The van der Waals surface area contributed by atoms with Gasteiger partial charge in [-0.1, -0.05) is 23.8 Å². The van der Waals surface area contributed by atoms with Gasteiger partial charge in [-0.25, -0.2) is 17.4 Å². The molecule has 0 bridgehead atoms. The van der Waals surface area contributed by atoms with E-state index in [2.05, 4.69) is 46.0 Å². The maximum atomic E-state index is 14.1. The van der Waals surface area contributed by atoms with E-state index < -0.39 is 10.0 Å². The first-order valence-electron chi connectivity index (χ1n) is 12.4. The van der Waals surface area contributed by atoms with Gasteiger partial charge in [0.1, 0.15) is 0 Å². The fraction of sp³-hybridized carbons (Fsp3) is 0.286. The van der Waals surface area contributed by atoms with Crippen molar-refractivity contribution in [3.8, 4) is 11.3 Å². The van der Waals surface area contributed by atoms with E-state index >= 15 is 0 Å². The van der Waals surface area contributed by atoms with Gasteiger partial charge in [0.15, 0.2) is 5.65 Å². The lowest BCUT2D eigenvalue weighted by atomic mass is 10.1. The second-order valence-corrected chi connectivity index (χ2v) is 11.8. The molecule has 9 heteroatoms. The zero-order valence-electron chi connectivity index (χ0n) is 21.5. The Morgan fingerprint density at radius 3 is 2.30 bits per heavy atom. The van der Waals surface area contributed by atoms with Crippen LogP contribution >= 0.6 is 0 Å². The van der Waals surface area contributed by atoms with Crippen LogP contribution in [0.1, 0.15) is 11.1 Å². The Hall–Kier alpha value is -3.69. The van der Waals surface area contributed by atoms with Gasteiger partial charge < -0.3 is 9.80 Å². The van der Waals surface area contributed by atoms with Gasteiger partial charge in [-0.3, -0.25) is 4.68 Å². The molecule has 2 aromatic carbocycles. The largest absolute Gasteiger partial charge is 0.369 e. The minimum atomic E-state index is -3.92. The van der Waals surface area contributed by atoms with Crippen LogP contribution in [-0.4, -0.2) is 65.3 Å². The standard InChI is InChI=1S/C28H30N6O2S/c1-19-5-8-23(9-6-19)37(35,36)34-26(16-24-27-22(17-29-28(24)34)18-30-32(27)4)21-7-10-25(20(2)15-21)33-13-11-31(3)12-14-33/h5-10,15-18H,11-14H2,1-4H3. The van der Waals surface area contributed by atoms with Crippen LogP contribution < -0.4 is 4.90 Å². The molecule has 4 heterocycles. The van der Waals surface area contributed by atoms with E-state index in [1.807, 2.05) is 38.2 Å². The highest BCUT2D eigenvalue weighted by molar-refractivity contribution is 7.90. The van der Waals surface area contributed by atoms with Crippen LogP contribution in [0.5, 0.6) is 0 Å². The Bertz CT molecular complexity index is 1740. The summed E-state index contributed by atoms with van der Waals surface area (Å²) in [5.41, 5.74) is 5.98. The fourth-order valence-electron chi connectivity index (χ4n) is 5.27. The lowest BCUT2D eigenvalue weighted by Crippen LogP contribution is -2.44. The zero-order chi connectivity index (χ0) is 25.9. The van der Waals surface area contributed by atoms with Crippen LogP contribution in [0, 0.1) is 13.8 Å². The molecule has 8 nitrogen and oxygen atoms in total. The Balaban J connectivity index is 1.57. The van der Waals surface area contributed by atoms with Gasteiger partial charge in [-0.15, -0.1) is 0 Å². The molecule has 1 saturated heterocycles. The van der Waals surface area contributed by atoms with Crippen LogP contribution in [0.3, 0.4) is 0 Å². The number of benzene rings is 2. The first-order valence-corrected chi connectivity index (χ1v) is 13.9. The molecule has 3 aromatic heterocycles. The number of anilines is 1. The van der Waals surface area contributed by atoms with Gasteiger partial charge in [-0.2, -0.15) is 5.10 Å². The summed E-state index contributed by atoms with van der Waals surface area (Å²) in [5, 5.41) is 6.00. The highest BCUT2D eigenvalue weighted by atomic mass is 32.2. The third kappa shape index (κ3) is 3.89. The summed E-state index contributed by atoms with van der Waals surface area (Å²) in [6, 6.07) is 15.1. The van der Waals surface area contributed by atoms with Crippen molar-refractivity contribution in [2.75, 3.05) is 38.1 Å². The number of hydrogen-bond donors (Lipinski definition) is 0. The Morgan fingerprint density at radius 2 is 1.59 bits per heavy atom. The summed E-state index contributed by atoms with van der Waals surface area (Å²) in [4.78, 5) is 9.58. The Kier molecular flexibility index (Phi) is 5.58. The number of pyridine rings is 1. The van der Waals surface area contributed by atoms with Crippen LogP contribution in [-0.2, 0) is 17.1 Å². The van der Waals surface area contributed by atoms with Crippen molar-refractivity contribution in [2.24, 2.45) is 7.05 Å². The molecule has 0 unspecified atom stereocenters. The van der Waals surface area contributed by atoms with E-state index in [1.54, 1.807) is 29.2 Å². The first-order chi connectivity index (χ1) is 17.7. The quantitative estimate of drug-likeness (QED) is 0.358. The van der Waals surface area contributed by atoms with Crippen molar-refractivity contribution in [1.29, 1.82) is 0 Å². The van der Waals surface area contributed by atoms with Crippen LogP contribution in [0.4, 0.5) is 5.69 Å². The van der Waals surface area contributed by atoms with Gasteiger partial charge in [0.2, 0.25) is 0 Å². The molecule has 5 aromatic rings. The predicted octanol–water partition coefficient (Wildman–Crippen LogP) is 4.20. The molecule has 0 N–H and O–H groups in total. The molecule has 0 amide bonds. The first kappa shape index (κ1) is 23.7. The van der Waals surface area contributed by atoms with Crippen LogP contribution in [0.25, 0.3) is 33.2 Å². The highest BCUT2D eigenvalue weighted by Gasteiger charge is 2.27. The molecule has 0 aliphatic carbocycles. The molecule has 1 aliphatic rings. The Morgan fingerprint density at radius 1 is 0.865 bits per heavy atom. The van der Waals surface area contributed by atoms with E-state index in [4.69, 9.17) is 0 Å². The number of hydrogen-bond acceptors (Lipinski definition) is 6. The molecule has 0 atom stereocenters. The van der Waals surface area contributed by atoms with Gasteiger partial charge in [-0.05, 0) is 62.4 Å². The van der Waals surface area contributed by atoms with Crippen molar-refractivity contribution in [2.45, 2.75) is 18.7 Å². The Labute approximate surface area is 216 Å². The molecule has 0 saturated carbocycles. The number of nitrogens with zero attached hydrogens (tertiary/aromatic N) is 6. The number of aryl methyl sites for hydroxylation is 3. The average Bonchev–Trinajstić information content (AvgIpc) is 3.46. The minimum Gasteiger partial charge on any atom is -0.369 e. The van der Waals surface area contributed by atoms with Gasteiger partial charge >= 0.3 is 0 Å². The maximum absolute atomic E-state index is 14.1. The summed E-state index contributed by atoms with van der Waals surface area (Å²) >= 11 is 0. The van der Waals surface area contributed by atoms with E-state index in [1.165, 1.54) is 9.66 Å². The number of aromatic nitrogens is 4. The number of fused-ring (bicyclic) bond motifs is 3. The molecule has 1 fully saturated rings. The fourth-order valence-corrected chi connectivity index (χ4v) is 6.75. The maximum Gasteiger partial charge on any atom is 0.269 e. The molecular weight excluding hydrogens is 484 g/mol. The molecule has 37 heavy (non-hydrogen) atoms. The van der Waals surface area contributed by atoms with Crippen molar-refractivity contribution in [3.05, 3.63) is 72.1 Å². The van der Waals surface area contributed by atoms with Crippen molar-refractivity contribution >= 4 is 37.6 Å². The summed E-state index contributed by atoms with van der Waals surface area (Å²) in [6.45, 7) is 8.03. The van der Waals surface area contributed by atoms with E-state index in [9.17, 15) is 8.42 Å². The monoisotopic (exact) mass is 514 g/mol. The van der Waals surface area contributed by atoms with Gasteiger partial charge in [0.05, 0.1) is 22.3 Å². The third-order valence-corrected chi connectivity index (χ3v) is 9.10. The molecule has 0 radical (unpaired) electrons. The molecule has 6 rings (SSSR count). The summed E-state index contributed by atoms with van der Waals surface area (Å²) < 4.78 is 31.3. The summed E-state index contributed by atoms with van der Waals surface area (Å²) in [5.74, 6) is 0. The molecule has 0 spiro atoms. The van der Waals surface area contributed by atoms with Gasteiger partial charge in [0.25, 0.3) is 10.0 Å². The lowest BCUT2D eigenvalue weighted by Gasteiger charge is -2.35. The second-order valence-electron chi connectivity index (χ2n) is 9.97. The predicted molar refractivity (Wildman–Crippen MR) is 148 cm³/mol. The number of piperazine rings is 1. The average molecular weight is 515 g/mol. The van der Waals surface area contributed by atoms with Crippen molar-refractivity contribution < 1.29 is 8.42 Å². The number of likely N-dealkylation sites (N-methyl/N-ethyl adjacent to an activating group) is 1. The normalized spacial score (nSPS) is 15.2. The smallest absolute Gasteiger partial charge is 0.269 e. The number of rotatable bonds is 4. The SMILES string of the molecule is Cc1ccc(S(=O)(=O)n2c(-c3ccc(N4CCN(C)CC4)c(C)c3)cc3c4c(cnc32)cnn4C)cc1. The van der Waals surface area contributed by atoms with E-state index in [-0.39, 0.29) is 4.90 Å². The second kappa shape index (κ2) is 8.71. The van der Waals surface area contributed by atoms with Crippen LogP contribution in [0.2, 0.25) is 0 Å². The van der Waals surface area contributed by atoms with Crippen molar-refractivity contribution in [3.63, 3.8) is 0 Å². The topological polar surface area (TPSA) is 76.3 Å². The summed E-state index contributed by atoms with van der Waals surface area (Å²) in [6.07, 6.45) is 3.44. The molecule has 190 valence electrons. The molecule has 1 aliphatic heterocycles. The van der Waals surface area contributed by atoms with E-state index in [0.29, 0.717) is 11.3 Å². The van der Waals surface area contributed by atoms with E-state index in [0.717, 1.165) is 59.2 Å². The van der Waals surface area contributed by atoms with Crippen molar-refractivity contribution in [1.82, 2.24) is 23.6 Å². The lowest BCUT2D eigenvalue weighted by molar-refractivity contribution is 0.312. The van der Waals surface area contributed by atoms with Crippen LogP contribution in [0.15, 0.2) is 65.8 Å². The summed E-state index contributed by atoms with van der Waals surface area (Å²) in [7, 11) is 0.0866. The minimum absolute atomic E-state index is 0.231. The zero-order valence-corrected chi connectivity index (χ0v) is 22.3. The highest BCUT2D eigenvalue weighted by Crippen LogP contribution is 2.36. The van der Waals surface area contributed by atoms with Gasteiger partial charge in [0, 0.05) is 55.9 Å². The third-order valence-electron chi connectivity index (χ3n) is 7.38. The molecular formula is C28H30N6O2S.